The van der Waals surface area contributed by atoms with Crippen LogP contribution >= 0.6 is 11.6 Å². The number of rotatable bonds is 6. The molecule has 0 aliphatic carbocycles. The van der Waals surface area contributed by atoms with Crippen molar-refractivity contribution in [1.82, 2.24) is 9.13 Å². The molecule has 190 valence electrons. The molecule has 2 aromatic carbocycles. The maximum atomic E-state index is 13.0. The fourth-order valence-corrected chi connectivity index (χ4v) is 4.69. The number of nitrogens with one attached hydrogen (secondary N) is 1. The summed E-state index contributed by atoms with van der Waals surface area (Å²) < 4.78 is 7.80. The molecule has 1 amide bonds. The van der Waals surface area contributed by atoms with Crippen LogP contribution in [0.25, 0.3) is 11.0 Å². The number of carbonyl (C=O) groups excluding carboxylic acids is 2. The minimum atomic E-state index is -0.647. The summed E-state index contributed by atoms with van der Waals surface area (Å²) in [5.74, 6) is -0.589. The van der Waals surface area contributed by atoms with Gasteiger partial charge in [-0.25, -0.2) is 0 Å². The standard InChI is InChI=1S/C26H29ClN4O5/c1-4-36-26(35)17-9-11-31(12-10-17)20-15-22-21(29(2)24(33)25(34)30(22)3)14-19(20)28-23(32)13-16-5-7-18(27)8-6-16/h5-8,14-15,17H,4,9-13H2,1-3H3,(H,28,32). The Morgan fingerprint density at radius 2 is 1.58 bits per heavy atom. The molecule has 1 saturated heterocycles. The molecule has 36 heavy (non-hydrogen) atoms. The first-order chi connectivity index (χ1) is 17.2. The summed E-state index contributed by atoms with van der Waals surface area (Å²) in [6, 6.07) is 10.6. The summed E-state index contributed by atoms with van der Waals surface area (Å²) >= 11 is 5.95. The molecule has 2 heterocycles. The van der Waals surface area contributed by atoms with Gasteiger partial charge in [-0.1, -0.05) is 23.7 Å². The summed E-state index contributed by atoms with van der Waals surface area (Å²) in [6.07, 6.45) is 1.37. The summed E-state index contributed by atoms with van der Waals surface area (Å²) in [4.78, 5) is 52.1. The van der Waals surface area contributed by atoms with E-state index in [4.69, 9.17) is 16.3 Å². The van der Waals surface area contributed by atoms with Crippen molar-refractivity contribution in [3.05, 3.63) is 67.7 Å². The molecule has 4 rings (SSSR count). The molecule has 9 nitrogen and oxygen atoms in total. The number of piperidine rings is 1. The minimum Gasteiger partial charge on any atom is -0.466 e. The minimum absolute atomic E-state index is 0.145. The quantitative estimate of drug-likeness (QED) is 0.402. The summed E-state index contributed by atoms with van der Waals surface area (Å²) in [5, 5.41) is 3.58. The molecule has 1 aromatic heterocycles. The number of halogens is 1. The third-order valence-corrected chi connectivity index (χ3v) is 6.87. The van der Waals surface area contributed by atoms with Crippen LogP contribution in [-0.2, 0) is 34.8 Å². The zero-order valence-electron chi connectivity index (χ0n) is 20.5. The number of carbonyl (C=O) groups is 2. The van der Waals surface area contributed by atoms with Gasteiger partial charge in [-0.2, -0.15) is 0 Å². The molecule has 10 heteroatoms. The maximum absolute atomic E-state index is 13.0. The molecule has 3 aromatic rings. The monoisotopic (exact) mass is 512 g/mol. The van der Waals surface area contributed by atoms with Gasteiger partial charge in [0.15, 0.2) is 0 Å². The van der Waals surface area contributed by atoms with E-state index < -0.39 is 11.1 Å². The van der Waals surface area contributed by atoms with E-state index in [1.54, 1.807) is 44.3 Å². The van der Waals surface area contributed by atoms with Crippen molar-refractivity contribution < 1.29 is 14.3 Å². The summed E-state index contributed by atoms with van der Waals surface area (Å²) in [6.45, 7) is 3.29. The Kier molecular flexibility index (Phi) is 7.49. The lowest BCUT2D eigenvalue weighted by Gasteiger charge is -2.34. The fourth-order valence-electron chi connectivity index (χ4n) is 4.57. The van der Waals surface area contributed by atoms with Crippen LogP contribution in [0.4, 0.5) is 11.4 Å². The predicted octanol–water partition coefficient (Wildman–Crippen LogP) is 2.85. The van der Waals surface area contributed by atoms with Crippen molar-refractivity contribution in [2.24, 2.45) is 20.0 Å². The van der Waals surface area contributed by atoms with Crippen LogP contribution in [0, 0.1) is 5.92 Å². The molecule has 0 spiro atoms. The highest BCUT2D eigenvalue weighted by Crippen LogP contribution is 2.34. The van der Waals surface area contributed by atoms with Crippen molar-refractivity contribution in [3.63, 3.8) is 0 Å². The number of hydrogen-bond donors (Lipinski definition) is 1. The SMILES string of the molecule is CCOC(=O)C1CCN(c2cc3c(cc2NC(=O)Cc2ccc(Cl)cc2)n(C)c(=O)c(=O)n3C)CC1. The number of fused-ring (bicyclic) bond motifs is 1. The second-order valence-electron chi connectivity index (χ2n) is 8.95. The Labute approximate surface area is 213 Å². The van der Waals surface area contributed by atoms with Gasteiger partial charge in [0.05, 0.1) is 41.4 Å². The molecule has 1 N–H and O–H groups in total. The largest absolute Gasteiger partial charge is 0.466 e. The molecule has 0 bridgehead atoms. The third kappa shape index (κ3) is 5.16. The normalized spacial score (nSPS) is 14.2. The topological polar surface area (TPSA) is 103 Å². The zero-order valence-corrected chi connectivity index (χ0v) is 21.3. The number of aryl methyl sites for hydroxylation is 2. The van der Waals surface area contributed by atoms with Gasteiger partial charge in [0.1, 0.15) is 0 Å². The molecule has 1 fully saturated rings. The van der Waals surface area contributed by atoms with E-state index in [2.05, 4.69) is 10.2 Å². The number of hydrogen-bond acceptors (Lipinski definition) is 6. The zero-order chi connectivity index (χ0) is 26.0. The van der Waals surface area contributed by atoms with Crippen LogP contribution in [0.15, 0.2) is 46.0 Å². The van der Waals surface area contributed by atoms with E-state index >= 15 is 0 Å². The summed E-state index contributed by atoms with van der Waals surface area (Å²) in [7, 11) is 3.09. The Balaban J connectivity index is 1.70. The van der Waals surface area contributed by atoms with Gasteiger partial charge in [-0.3, -0.25) is 19.2 Å². The van der Waals surface area contributed by atoms with Crippen LogP contribution in [-0.4, -0.2) is 40.7 Å². The number of esters is 1. The predicted molar refractivity (Wildman–Crippen MR) is 140 cm³/mol. The van der Waals surface area contributed by atoms with Gasteiger partial charge in [-0.15, -0.1) is 0 Å². The van der Waals surface area contributed by atoms with E-state index in [1.165, 1.54) is 16.2 Å². The van der Waals surface area contributed by atoms with Crippen LogP contribution in [0.5, 0.6) is 0 Å². The number of nitrogens with zero attached hydrogens (tertiary/aromatic N) is 3. The van der Waals surface area contributed by atoms with Crippen LogP contribution < -0.4 is 21.3 Å². The number of aromatic nitrogens is 2. The number of anilines is 2. The summed E-state index contributed by atoms with van der Waals surface area (Å²) in [5.41, 5.74) is 1.88. The Hall–Kier alpha value is -3.59. The lowest BCUT2D eigenvalue weighted by Crippen LogP contribution is -2.40. The van der Waals surface area contributed by atoms with E-state index in [0.717, 1.165) is 11.3 Å². The highest BCUT2D eigenvalue weighted by molar-refractivity contribution is 6.30. The van der Waals surface area contributed by atoms with Crippen molar-refractivity contribution in [2.75, 3.05) is 29.9 Å². The first-order valence-electron chi connectivity index (χ1n) is 11.9. The van der Waals surface area contributed by atoms with Crippen LogP contribution in [0.1, 0.15) is 25.3 Å². The van der Waals surface area contributed by atoms with E-state index in [1.807, 2.05) is 6.07 Å². The van der Waals surface area contributed by atoms with E-state index in [-0.39, 0.29) is 24.2 Å². The lowest BCUT2D eigenvalue weighted by molar-refractivity contribution is -0.148. The maximum Gasteiger partial charge on any atom is 0.316 e. The number of amides is 1. The van der Waals surface area contributed by atoms with Crippen molar-refractivity contribution >= 4 is 45.9 Å². The molecule has 1 aliphatic rings. The molecule has 0 saturated carbocycles. The smallest absolute Gasteiger partial charge is 0.316 e. The van der Waals surface area contributed by atoms with E-state index in [0.29, 0.717) is 54.3 Å². The van der Waals surface area contributed by atoms with Crippen molar-refractivity contribution in [3.8, 4) is 0 Å². The first-order valence-corrected chi connectivity index (χ1v) is 12.3. The number of ether oxygens (including phenoxy) is 1. The Bertz CT molecular complexity index is 1420. The van der Waals surface area contributed by atoms with Crippen molar-refractivity contribution in [1.29, 1.82) is 0 Å². The molecule has 0 radical (unpaired) electrons. The number of benzene rings is 2. The van der Waals surface area contributed by atoms with Crippen LogP contribution in [0.3, 0.4) is 0 Å². The molecule has 0 atom stereocenters. The van der Waals surface area contributed by atoms with E-state index in [9.17, 15) is 19.2 Å². The highest BCUT2D eigenvalue weighted by Gasteiger charge is 2.28. The van der Waals surface area contributed by atoms with Gasteiger partial charge in [0.25, 0.3) is 0 Å². The van der Waals surface area contributed by atoms with Gasteiger partial charge in [0.2, 0.25) is 5.91 Å². The van der Waals surface area contributed by atoms with Gasteiger partial charge in [0, 0.05) is 32.2 Å². The van der Waals surface area contributed by atoms with Crippen LogP contribution in [0.2, 0.25) is 5.02 Å². The second-order valence-corrected chi connectivity index (χ2v) is 9.39. The average Bonchev–Trinajstić information content (AvgIpc) is 2.87. The Morgan fingerprint density at radius 3 is 2.17 bits per heavy atom. The third-order valence-electron chi connectivity index (χ3n) is 6.62. The molecular formula is C26H29ClN4O5. The Morgan fingerprint density at radius 1 is 1.00 bits per heavy atom. The van der Waals surface area contributed by atoms with Gasteiger partial charge < -0.3 is 24.1 Å². The average molecular weight is 513 g/mol. The van der Waals surface area contributed by atoms with Gasteiger partial charge >= 0.3 is 17.1 Å². The molecule has 1 aliphatic heterocycles. The van der Waals surface area contributed by atoms with Gasteiger partial charge in [-0.05, 0) is 49.6 Å². The molecule has 0 unspecified atom stereocenters. The lowest BCUT2D eigenvalue weighted by atomic mass is 9.96. The highest BCUT2D eigenvalue weighted by atomic mass is 35.5. The first kappa shape index (κ1) is 25.5. The van der Waals surface area contributed by atoms with Crippen molar-refractivity contribution in [2.45, 2.75) is 26.2 Å². The molecular weight excluding hydrogens is 484 g/mol. The second kappa shape index (κ2) is 10.6. The fraction of sp³-hybridized carbons (Fsp3) is 0.385.